The summed E-state index contributed by atoms with van der Waals surface area (Å²) in [4.78, 5) is 26.0. The average molecular weight is 451 g/mol. The van der Waals surface area contributed by atoms with Crippen molar-refractivity contribution >= 4 is 38.2 Å². The number of aryl methyl sites for hydroxylation is 1. The van der Waals surface area contributed by atoms with Gasteiger partial charge >= 0.3 is 0 Å². The zero-order valence-electron chi connectivity index (χ0n) is 16.8. The van der Waals surface area contributed by atoms with Gasteiger partial charge in [-0.25, -0.2) is 13.1 Å². The highest BCUT2D eigenvalue weighted by atomic mass is 32.2. The Morgan fingerprint density at radius 3 is 2.67 bits per heavy atom. The van der Waals surface area contributed by atoms with Crippen molar-refractivity contribution in [2.45, 2.75) is 24.7 Å². The first-order valence-corrected chi connectivity index (χ1v) is 12.1. The molecule has 2 heterocycles. The first-order chi connectivity index (χ1) is 14.2. The molecule has 2 aromatic rings. The lowest BCUT2D eigenvalue weighted by Crippen LogP contribution is -2.43. The number of piperidine rings is 1. The van der Waals surface area contributed by atoms with E-state index in [0.717, 1.165) is 24.9 Å². The van der Waals surface area contributed by atoms with Crippen molar-refractivity contribution in [3.8, 4) is 0 Å². The number of amides is 2. The van der Waals surface area contributed by atoms with Gasteiger partial charge in [0.05, 0.1) is 17.0 Å². The van der Waals surface area contributed by atoms with Gasteiger partial charge in [-0.2, -0.15) is 0 Å². The quantitative estimate of drug-likeness (QED) is 0.566. The van der Waals surface area contributed by atoms with Crippen molar-refractivity contribution in [2.24, 2.45) is 11.7 Å². The molecular formula is C20H26N4O4S2. The van der Waals surface area contributed by atoms with Crippen molar-refractivity contribution in [1.29, 1.82) is 0 Å². The van der Waals surface area contributed by atoms with Gasteiger partial charge in [-0.3, -0.25) is 14.5 Å². The van der Waals surface area contributed by atoms with Crippen molar-refractivity contribution < 1.29 is 18.0 Å². The van der Waals surface area contributed by atoms with Gasteiger partial charge in [0.1, 0.15) is 5.00 Å². The van der Waals surface area contributed by atoms with Crippen LogP contribution in [0.2, 0.25) is 0 Å². The molecule has 8 nitrogen and oxygen atoms in total. The molecule has 1 fully saturated rings. The molecule has 1 aromatic carbocycles. The lowest BCUT2D eigenvalue weighted by molar-refractivity contribution is -0.117. The number of nitrogens with two attached hydrogens (primary N) is 1. The van der Waals surface area contributed by atoms with Crippen LogP contribution in [0.4, 0.5) is 5.00 Å². The number of anilines is 1. The van der Waals surface area contributed by atoms with E-state index in [2.05, 4.69) is 10.0 Å². The van der Waals surface area contributed by atoms with Crippen LogP contribution in [0.25, 0.3) is 0 Å². The second kappa shape index (κ2) is 9.69. The summed E-state index contributed by atoms with van der Waals surface area (Å²) in [6.07, 6.45) is 1.78. The maximum atomic E-state index is 12.5. The third kappa shape index (κ3) is 5.88. The minimum atomic E-state index is -3.55. The number of primary amides is 1. The Hall–Kier alpha value is -2.27. The Labute approximate surface area is 180 Å². The van der Waals surface area contributed by atoms with Crippen molar-refractivity contribution in [3.63, 3.8) is 0 Å². The van der Waals surface area contributed by atoms with Crippen LogP contribution in [0.5, 0.6) is 0 Å². The monoisotopic (exact) mass is 450 g/mol. The Morgan fingerprint density at radius 2 is 1.97 bits per heavy atom. The fourth-order valence-corrected chi connectivity index (χ4v) is 5.38. The molecule has 1 unspecified atom stereocenters. The molecule has 1 atom stereocenters. The number of carbonyl (C=O) groups is 2. The van der Waals surface area contributed by atoms with Crippen molar-refractivity contribution in [3.05, 3.63) is 46.8 Å². The van der Waals surface area contributed by atoms with Crippen molar-refractivity contribution in [2.75, 3.05) is 31.5 Å². The summed E-state index contributed by atoms with van der Waals surface area (Å²) in [5.41, 5.74) is 6.61. The molecule has 0 radical (unpaired) electrons. The summed E-state index contributed by atoms with van der Waals surface area (Å²) in [6, 6.07) is 8.32. The molecule has 162 valence electrons. The number of likely N-dealkylation sites (tertiary alicyclic amines) is 1. The second-order valence-electron chi connectivity index (χ2n) is 7.48. The summed E-state index contributed by atoms with van der Waals surface area (Å²) in [5.74, 6) is -0.680. The van der Waals surface area contributed by atoms with E-state index in [0.29, 0.717) is 23.7 Å². The predicted molar refractivity (Wildman–Crippen MR) is 117 cm³/mol. The molecular weight excluding hydrogens is 424 g/mol. The zero-order valence-corrected chi connectivity index (χ0v) is 18.4. The second-order valence-corrected chi connectivity index (χ2v) is 10.2. The number of rotatable bonds is 8. The molecule has 4 N–H and O–H groups in total. The minimum absolute atomic E-state index is 0.120. The van der Waals surface area contributed by atoms with Crippen LogP contribution in [-0.2, 0) is 14.8 Å². The van der Waals surface area contributed by atoms with Gasteiger partial charge in [-0.15, -0.1) is 11.3 Å². The van der Waals surface area contributed by atoms with Crippen LogP contribution in [0.3, 0.4) is 0 Å². The first-order valence-electron chi connectivity index (χ1n) is 9.70. The fraction of sp³-hybridized carbons (Fsp3) is 0.400. The summed E-state index contributed by atoms with van der Waals surface area (Å²) in [6.45, 7) is 3.80. The summed E-state index contributed by atoms with van der Waals surface area (Å²) in [5, 5.41) is 4.89. The molecule has 0 aliphatic carbocycles. The molecule has 1 aromatic heterocycles. The summed E-state index contributed by atoms with van der Waals surface area (Å²) >= 11 is 1.25. The normalized spacial score (nSPS) is 17.6. The number of nitrogens with one attached hydrogen (secondary N) is 2. The maximum Gasteiger partial charge on any atom is 0.251 e. The molecule has 0 bridgehead atoms. The number of thiophene rings is 1. The van der Waals surface area contributed by atoms with E-state index >= 15 is 0 Å². The highest BCUT2D eigenvalue weighted by Gasteiger charge is 2.24. The number of hydrogen-bond acceptors (Lipinski definition) is 6. The maximum absolute atomic E-state index is 12.5. The Kier molecular flexibility index (Phi) is 7.24. The van der Waals surface area contributed by atoms with E-state index < -0.39 is 15.9 Å². The van der Waals surface area contributed by atoms with Gasteiger partial charge in [-0.05, 0) is 55.8 Å². The molecule has 0 saturated carbocycles. The van der Waals surface area contributed by atoms with Gasteiger partial charge in [0.25, 0.3) is 5.91 Å². The first kappa shape index (κ1) is 22.4. The lowest BCUT2D eigenvalue weighted by atomic mass is 9.98. The van der Waals surface area contributed by atoms with E-state index in [-0.39, 0.29) is 23.3 Å². The highest BCUT2D eigenvalue weighted by molar-refractivity contribution is 7.89. The lowest BCUT2D eigenvalue weighted by Gasteiger charge is -2.32. The van der Waals surface area contributed by atoms with Crippen molar-refractivity contribution in [1.82, 2.24) is 9.62 Å². The highest BCUT2D eigenvalue weighted by Crippen LogP contribution is 2.23. The smallest absolute Gasteiger partial charge is 0.251 e. The topological polar surface area (TPSA) is 122 Å². The SMILES string of the molecule is Cc1ccc(S(=O)(=O)NCC2CCCN(CC(=O)Nc3sccc3C(N)=O)C2)cc1. The van der Waals surface area contributed by atoms with Crippen LogP contribution in [0.1, 0.15) is 28.8 Å². The molecule has 1 saturated heterocycles. The van der Waals surface area contributed by atoms with Gasteiger partial charge in [-0.1, -0.05) is 17.7 Å². The van der Waals surface area contributed by atoms with Gasteiger partial charge in [0, 0.05) is 13.1 Å². The van der Waals surface area contributed by atoms with Crippen LogP contribution in [0.15, 0.2) is 40.6 Å². The van der Waals surface area contributed by atoms with E-state index in [4.69, 9.17) is 5.73 Å². The van der Waals surface area contributed by atoms with Gasteiger partial charge < -0.3 is 11.1 Å². The number of nitrogens with zero attached hydrogens (tertiary/aromatic N) is 1. The van der Waals surface area contributed by atoms with Crippen LogP contribution < -0.4 is 15.8 Å². The Morgan fingerprint density at radius 1 is 1.23 bits per heavy atom. The average Bonchev–Trinajstić information content (AvgIpc) is 3.15. The van der Waals surface area contributed by atoms with E-state index in [1.807, 2.05) is 11.8 Å². The van der Waals surface area contributed by atoms with Crippen LogP contribution >= 0.6 is 11.3 Å². The number of carbonyl (C=O) groups excluding carboxylic acids is 2. The number of benzene rings is 1. The molecule has 0 spiro atoms. The zero-order chi connectivity index (χ0) is 21.7. The largest absolute Gasteiger partial charge is 0.366 e. The number of sulfonamides is 1. The number of hydrogen-bond donors (Lipinski definition) is 3. The third-order valence-electron chi connectivity index (χ3n) is 5.05. The van der Waals surface area contributed by atoms with E-state index in [9.17, 15) is 18.0 Å². The molecule has 30 heavy (non-hydrogen) atoms. The minimum Gasteiger partial charge on any atom is -0.366 e. The third-order valence-corrected chi connectivity index (χ3v) is 7.32. The summed E-state index contributed by atoms with van der Waals surface area (Å²) in [7, 11) is -3.55. The molecule has 2 amide bonds. The fourth-order valence-electron chi connectivity index (χ4n) is 3.46. The van der Waals surface area contributed by atoms with E-state index in [1.54, 1.807) is 35.7 Å². The molecule has 1 aliphatic heterocycles. The Balaban J connectivity index is 1.51. The van der Waals surface area contributed by atoms with E-state index in [1.165, 1.54) is 11.3 Å². The molecule has 10 heteroatoms. The van der Waals surface area contributed by atoms with Crippen LogP contribution in [-0.4, -0.2) is 51.3 Å². The summed E-state index contributed by atoms with van der Waals surface area (Å²) < 4.78 is 27.7. The van der Waals surface area contributed by atoms with Gasteiger partial charge in [0.15, 0.2) is 0 Å². The standard InChI is InChI=1S/C20H26N4O4S2/c1-14-4-6-16(7-5-14)30(27,28)22-11-15-3-2-9-24(12-15)13-18(25)23-20-17(19(21)26)8-10-29-20/h4-8,10,15,22H,2-3,9,11-13H2,1H3,(H2,21,26)(H,23,25). The predicted octanol–water partition coefficient (Wildman–Crippen LogP) is 1.78. The van der Waals surface area contributed by atoms with Gasteiger partial charge in [0.2, 0.25) is 15.9 Å². The molecule has 1 aliphatic rings. The Bertz CT molecular complexity index is 1000. The molecule has 3 rings (SSSR count). The van der Waals surface area contributed by atoms with Crippen LogP contribution in [0, 0.1) is 12.8 Å².